The number of anilines is 1. The Morgan fingerprint density at radius 3 is 2.71 bits per heavy atom. The van der Waals surface area contributed by atoms with E-state index in [2.05, 4.69) is 25.3 Å². The highest BCUT2D eigenvalue weighted by atomic mass is 16.4. The molecule has 9 nitrogen and oxygen atoms in total. The van der Waals surface area contributed by atoms with E-state index in [1.165, 1.54) is 12.8 Å². The number of aromatic nitrogens is 4. The molecule has 0 radical (unpaired) electrons. The van der Waals surface area contributed by atoms with Crippen molar-refractivity contribution in [3.63, 3.8) is 0 Å². The van der Waals surface area contributed by atoms with Crippen LogP contribution in [0.15, 0.2) is 11.0 Å². The maximum Gasteiger partial charge on any atom is 0.317 e. The highest BCUT2D eigenvalue weighted by Gasteiger charge is 2.37. The molecule has 0 bridgehead atoms. The summed E-state index contributed by atoms with van der Waals surface area (Å²) >= 11 is 0. The van der Waals surface area contributed by atoms with Gasteiger partial charge in [-0.3, -0.25) is 19.5 Å². The molecule has 0 unspecified atom stereocenters. The van der Waals surface area contributed by atoms with Crippen LogP contribution in [0.2, 0.25) is 0 Å². The van der Waals surface area contributed by atoms with Crippen molar-refractivity contribution in [3.8, 4) is 0 Å². The Hall–Kier alpha value is -2.42. The van der Waals surface area contributed by atoms with Gasteiger partial charge in [0, 0.05) is 18.6 Å². The summed E-state index contributed by atoms with van der Waals surface area (Å²) in [5.41, 5.74) is 0.0811. The SMILES string of the molecule is CC(C)(C)n1ncc2c(=O)[nH]c(NC3CC(N(CC(=O)O)CC4CC4)C3)nc21. The zero-order chi connectivity index (χ0) is 20.1. The molecule has 0 aromatic carbocycles. The molecular weight excluding hydrogens is 360 g/mol. The van der Waals surface area contributed by atoms with Gasteiger partial charge in [0.1, 0.15) is 5.39 Å². The van der Waals surface area contributed by atoms with Crippen LogP contribution in [0.1, 0.15) is 46.5 Å². The molecular formula is C19H28N6O3. The molecule has 28 heavy (non-hydrogen) atoms. The maximum atomic E-state index is 12.4. The third-order valence-corrected chi connectivity index (χ3v) is 5.57. The second-order valence-corrected chi connectivity index (χ2v) is 9.11. The number of carboxylic acid groups (broad SMARTS) is 1. The molecule has 9 heteroatoms. The third-order valence-electron chi connectivity index (χ3n) is 5.57. The number of fused-ring (bicyclic) bond motifs is 1. The molecule has 0 atom stereocenters. The highest BCUT2D eigenvalue weighted by molar-refractivity contribution is 5.74. The van der Waals surface area contributed by atoms with Crippen molar-refractivity contribution in [2.75, 3.05) is 18.4 Å². The van der Waals surface area contributed by atoms with Crippen molar-refractivity contribution in [3.05, 3.63) is 16.6 Å². The minimum atomic E-state index is -0.774. The quantitative estimate of drug-likeness (QED) is 0.660. The second-order valence-electron chi connectivity index (χ2n) is 9.11. The van der Waals surface area contributed by atoms with Gasteiger partial charge in [-0.2, -0.15) is 10.1 Å². The van der Waals surface area contributed by atoms with Crippen molar-refractivity contribution in [2.45, 2.75) is 64.1 Å². The zero-order valence-corrected chi connectivity index (χ0v) is 16.6. The van der Waals surface area contributed by atoms with E-state index in [1.54, 1.807) is 10.9 Å². The summed E-state index contributed by atoms with van der Waals surface area (Å²) < 4.78 is 1.76. The van der Waals surface area contributed by atoms with Crippen LogP contribution in [0.3, 0.4) is 0 Å². The van der Waals surface area contributed by atoms with Gasteiger partial charge in [-0.25, -0.2) is 4.68 Å². The zero-order valence-electron chi connectivity index (χ0n) is 16.6. The Balaban J connectivity index is 1.44. The first kappa shape index (κ1) is 18.9. The van der Waals surface area contributed by atoms with Gasteiger partial charge in [-0.1, -0.05) is 0 Å². The van der Waals surface area contributed by atoms with Crippen molar-refractivity contribution in [1.82, 2.24) is 24.6 Å². The lowest BCUT2D eigenvalue weighted by atomic mass is 9.85. The molecule has 2 aliphatic carbocycles. The van der Waals surface area contributed by atoms with Crippen molar-refractivity contribution < 1.29 is 9.90 Å². The predicted molar refractivity (Wildman–Crippen MR) is 106 cm³/mol. The molecule has 0 aliphatic heterocycles. The van der Waals surface area contributed by atoms with Gasteiger partial charge in [-0.05, 0) is 52.4 Å². The first-order chi connectivity index (χ1) is 13.2. The fraction of sp³-hybridized carbons (Fsp3) is 0.684. The summed E-state index contributed by atoms with van der Waals surface area (Å²) in [6, 6.07) is 0.442. The van der Waals surface area contributed by atoms with Gasteiger partial charge in [0.2, 0.25) is 5.95 Å². The number of nitrogens with one attached hydrogen (secondary N) is 2. The van der Waals surface area contributed by atoms with Crippen LogP contribution in [0, 0.1) is 5.92 Å². The van der Waals surface area contributed by atoms with E-state index in [9.17, 15) is 14.7 Å². The maximum absolute atomic E-state index is 12.4. The normalized spacial score (nSPS) is 22.4. The molecule has 2 fully saturated rings. The van der Waals surface area contributed by atoms with E-state index in [1.807, 2.05) is 20.8 Å². The third kappa shape index (κ3) is 3.89. The summed E-state index contributed by atoms with van der Waals surface area (Å²) in [5.74, 6) is 0.326. The number of carbonyl (C=O) groups is 1. The van der Waals surface area contributed by atoms with Crippen LogP contribution in [0.5, 0.6) is 0 Å². The average Bonchev–Trinajstić information content (AvgIpc) is 3.23. The number of nitrogens with zero attached hydrogens (tertiary/aromatic N) is 4. The van der Waals surface area contributed by atoms with E-state index in [4.69, 9.17) is 0 Å². The molecule has 152 valence electrons. The first-order valence-corrected chi connectivity index (χ1v) is 9.91. The fourth-order valence-electron chi connectivity index (χ4n) is 3.82. The lowest BCUT2D eigenvalue weighted by Crippen LogP contribution is -2.52. The van der Waals surface area contributed by atoms with E-state index < -0.39 is 5.97 Å². The number of aromatic amines is 1. The summed E-state index contributed by atoms with van der Waals surface area (Å²) in [6.45, 7) is 7.02. The molecule has 3 N–H and O–H groups in total. The van der Waals surface area contributed by atoms with Gasteiger partial charge in [0.15, 0.2) is 5.65 Å². The minimum Gasteiger partial charge on any atom is -0.480 e. The van der Waals surface area contributed by atoms with Crippen LogP contribution < -0.4 is 10.9 Å². The average molecular weight is 388 g/mol. The standard InChI is InChI=1S/C19H28N6O3/c1-19(2,3)25-16-14(8-20-25)17(28)23-18(22-16)21-12-6-13(7-12)24(10-15(26)27)9-11-4-5-11/h8,11-13H,4-7,9-10H2,1-3H3,(H,26,27)(H2,21,22,23,28). The summed E-state index contributed by atoms with van der Waals surface area (Å²) in [5, 5.41) is 17.3. The van der Waals surface area contributed by atoms with Crippen molar-refractivity contribution in [1.29, 1.82) is 0 Å². The van der Waals surface area contributed by atoms with Gasteiger partial charge in [-0.15, -0.1) is 0 Å². The van der Waals surface area contributed by atoms with Gasteiger partial charge in [0.25, 0.3) is 5.56 Å². The van der Waals surface area contributed by atoms with Gasteiger partial charge < -0.3 is 10.4 Å². The van der Waals surface area contributed by atoms with Crippen LogP contribution in [0.4, 0.5) is 5.95 Å². The molecule has 2 aromatic heterocycles. The van der Waals surface area contributed by atoms with Gasteiger partial charge in [0.05, 0.1) is 18.3 Å². The Bertz CT molecular complexity index is 933. The van der Waals surface area contributed by atoms with Crippen LogP contribution in [0.25, 0.3) is 11.0 Å². The van der Waals surface area contributed by atoms with Crippen molar-refractivity contribution >= 4 is 23.0 Å². The van der Waals surface area contributed by atoms with Crippen LogP contribution >= 0.6 is 0 Å². The molecule has 4 rings (SSSR count). The monoisotopic (exact) mass is 388 g/mol. The van der Waals surface area contributed by atoms with Crippen molar-refractivity contribution in [2.24, 2.45) is 5.92 Å². The molecule has 2 aliphatic rings. The molecule has 2 saturated carbocycles. The summed E-state index contributed by atoms with van der Waals surface area (Å²) in [6.07, 6.45) is 5.66. The number of carboxylic acids is 1. The smallest absolute Gasteiger partial charge is 0.317 e. The summed E-state index contributed by atoms with van der Waals surface area (Å²) in [4.78, 5) is 33.0. The summed E-state index contributed by atoms with van der Waals surface area (Å²) in [7, 11) is 0. The molecule has 0 amide bonds. The van der Waals surface area contributed by atoms with E-state index >= 15 is 0 Å². The number of hydrogen-bond acceptors (Lipinski definition) is 6. The van der Waals surface area contributed by atoms with Gasteiger partial charge >= 0.3 is 5.97 Å². The minimum absolute atomic E-state index is 0.0969. The van der Waals surface area contributed by atoms with Crippen LogP contribution in [-0.4, -0.2) is 60.9 Å². The Labute approximate surface area is 163 Å². The van der Waals surface area contributed by atoms with E-state index in [0.717, 1.165) is 19.4 Å². The number of hydrogen-bond donors (Lipinski definition) is 3. The Kier molecular flexibility index (Phi) is 4.65. The van der Waals surface area contributed by atoms with Crippen LogP contribution in [-0.2, 0) is 10.3 Å². The molecule has 2 heterocycles. The predicted octanol–water partition coefficient (Wildman–Crippen LogP) is 1.61. The number of aliphatic carboxylic acids is 1. The van der Waals surface area contributed by atoms with E-state index in [-0.39, 0.29) is 29.7 Å². The Morgan fingerprint density at radius 1 is 1.39 bits per heavy atom. The first-order valence-electron chi connectivity index (χ1n) is 9.91. The fourth-order valence-corrected chi connectivity index (χ4v) is 3.82. The lowest BCUT2D eigenvalue weighted by Gasteiger charge is -2.42. The van der Waals surface area contributed by atoms with E-state index in [0.29, 0.717) is 22.9 Å². The molecule has 0 spiro atoms. The highest BCUT2D eigenvalue weighted by Crippen LogP contribution is 2.34. The number of H-pyrrole nitrogens is 1. The largest absolute Gasteiger partial charge is 0.480 e. The Morgan fingerprint density at radius 2 is 2.11 bits per heavy atom. The topological polar surface area (TPSA) is 116 Å². The molecule has 2 aromatic rings. The lowest BCUT2D eigenvalue weighted by molar-refractivity contribution is -0.139. The number of rotatable bonds is 7. The molecule has 0 saturated heterocycles. The second kappa shape index (κ2) is 6.88.